The summed E-state index contributed by atoms with van der Waals surface area (Å²) in [5, 5.41) is 14.6. The first-order chi connectivity index (χ1) is 13.6. The van der Waals surface area contributed by atoms with E-state index in [-0.39, 0.29) is 18.1 Å². The Bertz CT molecular complexity index is 957. The maximum Gasteiger partial charge on any atom is 0.269 e. The molecule has 0 amide bonds. The monoisotopic (exact) mass is 380 g/mol. The molecule has 3 aromatic rings. The molecule has 7 heteroatoms. The lowest BCUT2D eigenvalue weighted by Crippen LogP contribution is -1.95. The van der Waals surface area contributed by atoms with Crippen LogP contribution in [0.3, 0.4) is 0 Å². The largest absolute Gasteiger partial charge is 0.489 e. The minimum Gasteiger partial charge on any atom is -0.489 e. The first-order valence-electron chi connectivity index (χ1n) is 8.46. The minimum atomic E-state index is -0.452. The van der Waals surface area contributed by atoms with Gasteiger partial charge in [0.2, 0.25) is 0 Å². The van der Waals surface area contributed by atoms with Crippen LogP contribution in [0.4, 0.5) is 10.1 Å². The molecule has 0 atom stereocenters. The van der Waals surface area contributed by atoms with Gasteiger partial charge in [-0.15, -0.1) is 0 Å². The number of nitro benzene ring substituents is 1. The summed E-state index contributed by atoms with van der Waals surface area (Å²) < 4.78 is 18.5. The molecule has 0 unspecified atom stereocenters. The average Bonchev–Trinajstić information content (AvgIpc) is 2.72. The summed E-state index contributed by atoms with van der Waals surface area (Å²) in [6, 6.07) is 19.6. The van der Waals surface area contributed by atoms with Crippen molar-refractivity contribution in [2.75, 3.05) is 0 Å². The standard InChI is InChI=1S/C21H17FN2O4/c22-19-8-4-17(5-9-19)14-27-21-10-6-16(7-11-21)13-23-28-15-18-2-1-3-20(12-18)24(25)26/h1-13H,14-15H2/b23-13-. The van der Waals surface area contributed by atoms with Crippen molar-refractivity contribution in [2.45, 2.75) is 13.2 Å². The van der Waals surface area contributed by atoms with Gasteiger partial charge in [0.15, 0.2) is 0 Å². The minimum absolute atomic E-state index is 0.0151. The van der Waals surface area contributed by atoms with Crippen LogP contribution >= 0.6 is 0 Å². The van der Waals surface area contributed by atoms with Gasteiger partial charge in [-0.1, -0.05) is 29.4 Å². The van der Waals surface area contributed by atoms with Crippen molar-refractivity contribution in [2.24, 2.45) is 5.16 Å². The molecule has 0 aliphatic rings. The summed E-state index contributed by atoms with van der Waals surface area (Å²) in [5.74, 6) is 0.402. The third-order valence-electron chi connectivity index (χ3n) is 3.83. The number of nitrogens with zero attached hydrogens (tertiary/aromatic N) is 2. The summed E-state index contributed by atoms with van der Waals surface area (Å²) in [4.78, 5) is 15.5. The molecule has 0 radical (unpaired) electrons. The predicted octanol–water partition coefficient (Wildman–Crippen LogP) is 4.86. The number of nitro groups is 1. The zero-order chi connectivity index (χ0) is 19.8. The second kappa shape index (κ2) is 9.27. The Labute approximate surface area is 161 Å². The Kier molecular flexibility index (Phi) is 6.30. The molecule has 0 bridgehead atoms. The van der Waals surface area contributed by atoms with Crippen LogP contribution in [0.2, 0.25) is 0 Å². The first kappa shape index (κ1) is 19.0. The fourth-order valence-electron chi connectivity index (χ4n) is 2.37. The number of benzene rings is 3. The maximum atomic E-state index is 12.9. The van der Waals surface area contributed by atoms with Crippen LogP contribution in [-0.4, -0.2) is 11.1 Å². The van der Waals surface area contributed by atoms with Gasteiger partial charge < -0.3 is 9.57 Å². The van der Waals surface area contributed by atoms with Crippen LogP contribution < -0.4 is 4.74 Å². The Morgan fingerprint density at radius 3 is 2.43 bits per heavy atom. The Balaban J connectivity index is 1.47. The second-order valence-corrected chi connectivity index (χ2v) is 5.92. The molecule has 3 rings (SSSR count). The van der Waals surface area contributed by atoms with Crippen LogP contribution in [0.5, 0.6) is 5.75 Å². The fraction of sp³-hybridized carbons (Fsp3) is 0.0952. The van der Waals surface area contributed by atoms with Crippen LogP contribution in [-0.2, 0) is 18.1 Å². The van der Waals surface area contributed by atoms with E-state index >= 15 is 0 Å². The van der Waals surface area contributed by atoms with E-state index < -0.39 is 4.92 Å². The molecular weight excluding hydrogens is 363 g/mol. The van der Waals surface area contributed by atoms with Gasteiger partial charge in [0, 0.05) is 12.1 Å². The van der Waals surface area contributed by atoms with Crippen molar-refractivity contribution in [1.82, 2.24) is 0 Å². The number of rotatable bonds is 8. The van der Waals surface area contributed by atoms with Gasteiger partial charge in [-0.05, 0) is 53.1 Å². The smallest absolute Gasteiger partial charge is 0.269 e. The van der Waals surface area contributed by atoms with Gasteiger partial charge >= 0.3 is 0 Å². The molecule has 0 heterocycles. The Morgan fingerprint density at radius 1 is 0.964 bits per heavy atom. The highest BCUT2D eigenvalue weighted by Crippen LogP contribution is 2.15. The van der Waals surface area contributed by atoms with Crippen molar-refractivity contribution in [3.63, 3.8) is 0 Å². The van der Waals surface area contributed by atoms with E-state index in [0.29, 0.717) is 17.9 Å². The van der Waals surface area contributed by atoms with Crippen molar-refractivity contribution in [3.8, 4) is 5.75 Å². The first-order valence-corrected chi connectivity index (χ1v) is 8.46. The third-order valence-corrected chi connectivity index (χ3v) is 3.83. The van der Waals surface area contributed by atoms with Crippen molar-refractivity contribution in [3.05, 3.63) is 105 Å². The lowest BCUT2D eigenvalue weighted by atomic mass is 10.2. The number of ether oxygens (including phenoxy) is 1. The number of oxime groups is 1. The highest BCUT2D eigenvalue weighted by atomic mass is 19.1. The van der Waals surface area contributed by atoms with E-state index in [4.69, 9.17) is 9.57 Å². The topological polar surface area (TPSA) is 74.0 Å². The molecule has 142 valence electrons. The molecule has 0 fully saturated rings. The molecule has 0 aliphatic carbocycles. The summed E-state index contributed by atoms with van der Waals surface area (Å²) in [6.45, 7) is 0.483. The number of hydrogen-bond acceptors (Lipinski definition) is 5. The summed E-state index contributed by atoms with van der Waals surface area (Å²) >= 11 is 0. The molecule has 0 spiro atoms. The molecule has 0 aromatic heterocycles. The van der Waals surface area contributed by atoms with E-state index in [1.165, 1.54) is 24.3 Å². The van der Waals surface area contributed by atoms with Crippen molar-refractivity contribution < 1.29 is 18.9 Å². The lowest BCUT2D eigenvalue weighted by Gasteiger charge is -2.06. The van der Waals surface area contributed by atoms with Crippen LogP contribution in [0.1, 0.15) is 16.7 Å². The zero-order valence-corrected chi connectivity index (χ0v) is 14.8. The van der Waals surface area contributed by atoms with Gasteiger partial charge in [-0.3, -0.25) is 10.1 Å². The second-order valence-electron chi connectivity index (χ2n) is 5.92. The summed E-state index contributed by atoms with van der Waals surface area (Å²) in [7, 11) is 0. The molecule has 6 nitrogen and oxygen atoms in total. The number of non-ortho nitro benzene ring substituents is 1. The summed E-state index contributed by atoms with van der Waals surface area (Å²) in [6.07, 6.45) is 1.54. The van der Waals surface area contributed by atoms with E-state index in [2.05, 4.69) is 5.16 Å². The van der Waals surface area contributed by atoms with Gasteiger partial charge in [-0.25, -0.2) is 4.39 Å². The van der Waals surface area contributed by atoms with Gasteiger partial charge in [0.25, 0.3) is 5.69 Å². The fourth-order valence-corrected chi connectivity index (χ4v) is 2.37. The average molecular weight is 380 g/mol. The molecule has 0 saturated heterocycles. The quantitative estimate of drug-likeness (QED) is 0.318. The van der Waals surface area contributed by atoms with Crippen molar-refractivity contribution in [1.29, 1.82) is 0 Å². The van der Waals surface area contributed by atoms with Crippen LogP contribution in [0, 0.1) is 15.9 Å². The Hall–Kier alpha value is -3.74. The molecule has 0 aliphatic heterocycles. The summed E-state index contributed by atoms with van der Waals surface area (Å²) in [5.41, 5.74) is 2.37. The van der Waals surface area contributed by atoms with E-state index in [1.807, 2.05) is 12.1 Å². The number of hydrogen-bond donors (Lipinski definition) is 0. The maximum absolute atomic E-state index is 12.9. The zero-order valence-electron chi connectivity index (χ0n) is 14.8. The predicted molar refractivity (Wildman–Crippen MR) is 103 cm³/mol. The number of halogens is 1. The van der Waals surface area contributed by atoms with E-state index in [0.717, 1.165) is 11.1 Å². The molecule has 0 N–H and O–H groups in total. The molecule has 28 heavy (non-hydrogen) atoms. The lowest BCUT2D eigenvalue weighted by molar-refractivity contribution is -0.384. The molecule has 0 saturated carbocycles. The Morgan fingerprint density at radius 2 is 1.71 bits per heavy atom. The van der Waals surface area contributed by atoms with Gasteiger partial charge in [-0.2, -0.15) is 0 Å². The third kappa shape index (κ3) is 5.63. The highest BCUT2D eigenvalue weighted by molar-refractivity contribution is 5.79. The van der Waals surface area contributed by atoms with Gasteiger partial charge in [0.05, 0.1) is 11.1 Å². The van der Waals surface area contributed by atoms with E-state index in [1.54, 1.807) is 42.6 Å². The molecule has 3 aromatic carbocycles. The van der Waals surface area contributed by atoms with E-state index in [9.17, 15) is 14.5 Å². The molecular formula is C21H17FN2O4. The van der Waals surface area contributed by atoms with Crippen molar-refractivity contribution >= 4 is 11.9 Å². The SMILES string of the molecule is O=[N+]([O-])c1cccc(CO/N=C\c2ccc(OCc3ccc(F)cc3)cc2)c1. The van der Waals surface area contributed by atoms with Crippen LogP contribution in [0.25, 0.3) is 0 Å². The van der Waals surface area contributed by atoms with Crippen LogP contribution in [0.15, 0.2) is 78.0 Å². The normalized spacial score (nSPS) is 10.8. The highest BCUT2D eigenvalue weighted by Gasteiger charge is 2.05. The van der Waals surface area contributed by atoms with Gasteiger partial charge in [0.1, 0.15) is 24.8 Å².